The number of nitrogens with zero attached hydrogens (tertiary/aromatic N) is 2. The van der Waals surface area contributed by atoms with Crippen LogP contribution in [0, 0.1) is 10.1 Å². The number of hydrogen-bond acceptors (Lipinski definition) is 7. The molecule has 1 aliphatic heterocycles. The number of ether oxygens (including phenoxy) is 1. The molecular weight excluding hydrogens is 532 g/mol. The zero-order valence-corrected chi connectivity index (χ0v) is 20.5. The van der Waals surface area contributed by atoms with Crippen LogP contribution < -0.4 is 4.90 Å². The van der Waals surface area contributed by atoms with Crippen LogP contribution >= 0.6 is 15.9 Å². The molecule has 0 spiro atoms. The largest absolute Gasteiger partial charge is 0.507 e. The first-order valence-corrected chi connectivity index (χ1v) is 11.6. The second-order valence-corrected chi connectivity index (χ2v) is 8.71. The van der Waals surface area contributed by atoms with Gasteiger partial charge >= 0.3 is 5.97 Å². The molecule has 0 unspecified atom stereocenters. The van der Waals surface area contributed by atoms with Gasteiger partial charge in [0.1, 0.15) is 5.76 Å². The second-order valence-electron chi connectivity index (χ2n) is 7.79. The molecule has 1 atom stereocenters. The van der Waals surface area contributed by atoms with Gasteiger partial charge < -0.3 is 9.84 Å². The average molecular weight is 551 g/mol. The summed E-state index contributed by atoms with van der Waals surface area (Å²) in [6.45, 7) is 1.90. The number of carbonyl (C=O) groups is 3. The molecule has 0 radical (unpaired) electrons. The highest BCUT2D eigenvalue weighted by atomic mass is 79.9. The first-order chi connectivity index (χ1) is 17.2. The van der Waals surface area contributed by atoms with E-state index in [1.54, 1.807) is 31.2 Å². The number of non-ortho nitro benzene ring substituents is 1. The number of nitro groups is 1. The molecule has 9 nitrogen and oxygen atoms in total. The summed E-state index contributed by atoms with van der Waals surface area (Å²) < 4.78 is 5.77. The predicted molar refractivity (Wildman–Crippen MR) is 134 cm³/mol. The predicted octanol–water partition coefficient (Wildman–Crippen LogP) is 5.16. The minimum Gasteiger partial charge on any atom is -0.507 e. The van der Waals surface area contributed by atoms with Crippen LogP contribution in [0.2, 0.25) is 0 Å². The molecule has 1 aliphatic rings. The van der Waals surface area contributed by atoms with E-state index < -0.39 is 34.4 Å². The van der Waals surface area contributed by atoms with Crippen molar-refractivity contribution >= 4 is 50.7 Å². The van der Waals surface area contributed by atoms with Crippen molar-refractivity contribution in [3.63, 3.8) is 0 Å². The van der Waals surface area contributed by atoms with Crippen LogP contribution in [0.1, 0.15) is 34.5 Å². The number of halogens is 1. The maximum absolute atomic E-state index is 13.2. The summed E-state index contributed by atoms with van der Waals surface area (Å²) in [6.07, 6.45) is 0. The van der Waals surface area contributed by atoms with Crippen molar-refractivity contribution < 1.29 is 29.2 Å². The minimum atomic E-state index is -0.985. The Morgan fingerprint density at radius 3 is 2.14 bits per heavy atom. The lowest BCUT2D eigenvalue weighted by Gasteiger charge is -2.25. The van der Waals surface area contributed by atoms with Gasteiger partial charge in [-0.2, -0.15) is 0 Å². The number of esters is 1. The summed E-state index contributed by atoms with van der Waals surface area (Å²) in [6, 6.07) is 17.0. The van der Waals surface area contributed by atoms with Crippen LogP contribution in [0.5, 0.6) is 0 Å². The van der Waals surface area contributed by atoms with Gasteiger partial charge in [-0.05, 0) is 61.0 Å². The number of amides is 1. The van der Waals surface area contributed by atoms with E-state index in [1.807, 2.05) is 0 Å². The molecule has 0 saturated carbocycles. The summed E-state index contributed by atoms with van der Waals surface area (Å²) in [4.78, 5) is 50.1. The summed E-state index contributed by atoms with van der Waals surface area (Å²) in [7, 11) is 0. The van der Waals surface area contributed by atoms with Gasteiger partial charge in [-0.1, -0.05) is 28.1 Å². The molecule has 3 aromatic carbocycles. The SMILES string of the molecule is CCOC(=O)c1ccc(N2C(=O)C(=O)/C(=C(/O)c3ccc([N+](=O)[O-])cc3)[C@H]2c2ccc(Br)cc2)cc1. The third-order valence-corrected chi connectivity index (χ3v) is 6.17. The van der Waals surface area contributed by atoms with Gasteiger partial charge in [-0.15, -0.1) is 0 Å². The van der Waals surface area contributed by atoms with E-state index in [-0.39, 0.29) is 29.0 Å². The highest BCUT2D eigenvalue weighted by molar-refractivity contribution is 9.10. The van der Waals surface area contributed by atoms with E-state index in [9.17, 15) is 29.6 Å². The molecule has 1 heterocycles. The minimum absolute atomic E-state index is 0.151. The van der Waals surface area contributed by atoms with Crippen LogP contribution in [-0.4, -0.2) is 34.3 Å². The quantitative estimate of drug-likeness (QED) is 0.112. The molecule has 0 bridgehead atoms. The Hall–Kier alpha value is -4.31. The second kappa shape index (κ2) is 10.1. The Morgan fingerprint density at radius 2 is 1.58 bits per heavy atom. The Balaban J connectivity index is 1.84. The van der Waals surface area contributed by atoms with E-state index in [0.717, 1.165) is 4.47 Å². The maximum atomic E-state index is 13.2. The number of ketones is 1. The fraction of sp³-hybridized carbons (Fsp3) is 0.115. The highest BCUT2D eigenvalue weighted by Gasteiger charge is 2.47. The van der Waals surface area contributed by atoms with Crippen molar-refractivity contribution in [2.24, 2.45) is 0 Å². The lowest BCUT2D eigenvalue weighted by atomic mass is 9.95. The molecule has 4 rings (SSSR count). The number of hydrogen-bond donors (Lipinski definition) is 1. The Kier molecular flexibility index (Phi) is 6.98. The number of carbonyl (C=O) groups excluding carboxylic acids is 3. The zero-order chi connectivity index (χ0) is 26.0. The van der Waals surface area contributed by atoms with Crippen LogP contribution in [0.4, 0.5) is 11.4 Å². The van der Waals surface area contributed by atoms with Gasteiger partial charge in [0.05, 0.1) is 28.7 Å². The Morgan fingerprint density at radius 1 is 1.00 bits per heavy atom. The number of benzene rings is 3. The fourth-order valence-electron chi connectivity index (χ4n) is 3.93. The molecule has 0 aromatic heterocycles. The van der Waals surface area contributed by atoms with E-state index in [0.29, 0.717) is 11.3 Å². The van der Waals surface area contributed by atoms with Gasteiger partial charge in [0.15, 0.2) is 0 Å². The van der Waals surface area contributed by atoms with E-state index >= 15 is 0 Å². The van der Waals surface area contributed by atoms with Gasteiger partial charge in [-0.3, -0.25) is 24.6 Å². The Labute approximate surface area is 213 Å². The van der Waals surface area contributed by atoms with Crippen molar-refractivity contribution in [3.8, 4) is 0 Å². The highest BCUT2D eigenvalue weighted by Crippen LogP contribution is 2.42. The third-order valence-electron chi connectivity index (χ3n) is 5.64. The molecule has 0 aliphatic carbocycles. The molecular formula is C26H19BrN2O7. The van der Waals surface area contributed by atoms with Crippen LogP contribution in [0.25, 0.3) is 5.76 Å². The maximum Gasteiger partial charge on any atom is 0.338 e. The molecule has 3 aromatic rings. The van der Waals surface area contributed by atoms with Crippen LogP contribution in [0.15, 0.2) is 82.8 Å². The molecule has 1 saturated heterocycles. The summed E-state index contributed by atoms with van der Waals surface area (Å²) in [5.41, 5.74) is 0.974. The van der Waals surface area contributed by atoms with Gasteiger partial charge in [0.2, 0.25) is 0 Å². The van der Waals surface area contributed by atoms with Crippen molar-refractivity contribution in [1.29, 1.82) is 0 Å². The normalized spacial score (nSPS) is 16.7. The van der Waals surface area contributed by atoms with Gasteiger partial charge in [0, 0.05) is 27.9 Å². The van der Waals surface area contributed by atoms with E-state index in [4.69, 9.17) is 4.74 Å². The third kappa shape index (κ3) is 4.63. The molecule has 1 amide bonds. The standard InChI is InChI=1S/C26H19BrN2O7/c1-2-36-26(33)17-7-11-19(12-8-17)28-22(15-3-9-18(27)10-4-15)21(24(31)25(28)32)23(30)16-5-13-20(14-6-16)29(34)35/h3-14,22,30H,2H2,1H3/b23-21+/t22-/m1/s1. The first kappa shape index (κ1) is 24.8. The molecule has 10 heteroatoms. The number of Topliss-reactive ketones (excluding diaryl/α,β-unsaturated/α-hetero) is 1. The van der Waals surface area contributed by atoms with E-state index in [1.165, 1.54) is 53.4 Å². The number of aliphatic hydroxyl groups excluding tert-OH is 1. The van der Waals surface area contributed by atoms with Gasteiger partial charge in [0.25, 0.3) is 17.4 Å². The number of rotatable bonds is 6. The van der Waals surface area contributed by atoms with Gasteiger partial charge in [-0.25, -0.2) is 4.79 Å². The average Bonchev–Trinajstić information content (AvgIpc) is 3.14. The fourth-order valence-corrected chi connectivity index (χ4v) is 4.19. The molecule has 182 valence electrons. The van der Waals surface area contributed by atoms with Crippen molar-refractivity contribution in [2.45, 2.75) is 13.0 Å². The lowest BCUT2D eigenvalue weighted by molar-refractivity contribution is -0.384. The molecule has 1 fully saturated rings. The number of nitro benzene ring substituents is 1. The smallest absolute Gasteiger partial charge is 0.338 e. The molecule has 1 N–H and O–H groups in total. The van der Waals surface area contributed by atoms with Crippen molar-refractivity contribution in [3.05, 3.63) is 110 Å². The van der Waals surface area contributed by atoms with Crippen LogP contribution in [0.3, 0.4) is 0 Å². The first-order valence-electron chi connectivity index (χ1n) is 10.8. The van der Waals surface area contributed by atoms with Crippen molar-refractivity contribution in [1.82, 2.24) is 0 Å². The van der Waals surface area contributed by atoms with Crippen molar-refractivity contribution in [2.75, 3.05) is 11.5 Å². The number of anilines is 1. The summed E-state index contributed by atoms with van der Waals surface area (Å²) in [5, 5.41) is 22.1. The zero-order valence-electron chi connectivity index (χ0n) is 18.9. The van der Waals surface area contributed by atoms with Crippen LogP contribution in [-0.2, 0) is 14.3 Å². The summed E-state index contributed by atoms with van der Waals surface area (Å²) >= 11 is 3.36. The topological polar surface area (TPSA) is 127 Å². The number of aliphatic hydroxyl groups is 1. The Bertz CT molecular complexity index is 1380. The van der Waals surface area contributed by atoms with E-state index in [2.05, 4.69) is 15.9 Å². The molecule has 36 heavy (non-hydrogen) atoms. The monoisotopic (exact) mass is 550 g/mol. The lowest BCUT2D eigenvalue weighted by Crippen LogP contribution is -2.29. The summed E-state index contributed by atoms with van der Waals surface area (Å²) in [5.74, 6) is -2.75.